The first-order valence-corrected chi connectivity index (χ1v) is 6.26. The van der Waals surface area contributed by atoms with Crippen molar-refractivity contribution in [3.63, 3.8) is 0 Å². The van der Waals surface area contributed by atoms with E-state index in [9.17, 15) is 0 Å². The van der Waals surface area contributed by atoms with Crippen molar-refractivity contribution in [2.45, 2.75) is 13.5 Å². The van der Waals surface area contributed by atoms with Crippen molar-refractivity contribution in [2.75, 3.05) is 6.61 Å². The minimum Gasteiger partial charge on any atom is -0.394 e. The number of hydrogen-bond donors (Lipinski definition) is 2. The van der Waals surface area contributed by atoms with Gasteiger partial charge >= 0.3 is 0 Å². The van der Waals surface area contributed by atoms with Crippen molar-refractivity contribution in [1.82, 2.24) is 19.7 Å². The molecule has 20 heavy (non-hydrogen) atoms. The number of aromatic amines is 1. The summed E-state index contributed by atoms with van der Waals surface area (Å²) < 4.78 is 1.69. The van der Waals surface area contributed by atoms with Gasteiger partial charge in [0.1, 0.15) is 5.82 Å². The molecular formula is C14H13N5O. The molecule has 0 aliphatic carbocycles. The molecule has 0 aliphatic heterocycles. The van der Waals surface area contributed by atoms with Crippen molar-refractivity contribution >= 4 is 11.0 Å². The Kier molecular flexibility index (Phi) is 2.97. The fourth-order valence-electron chi connectivity index (χ4n) is 2.17. The molecule has 100 valence electrons. The van der Waals surface area contributed by atoms with Crippen LogP contribution in [0.5, 0.6) is 0 Å². The molecule has 3 aromatic rings. The highest BCUT2D eigenvalue weighted by Crippen LogP contribution is 2.23. The molecule has 0 unspecified atom stereocenters. The lowest BCUT2D eigenvalue weighted by atomic mass is 10.2. The summed E-state index contributed by atoms with van der Waals surface area (Å²) in [5.74, 6) is 0.719. The average molecular weight is 267 g/mol. The number of nitriles is 1. The lowest BCUT2D eigenvalue weighted by Gasteiger charge is -1.93. The first kappa shape index (κ1) is 12.4. The molecule has 0 saturated heterocycles. The molecule has 0 fully saturated rings. The molecule has 0 bridgehead atoms. The van der Waals surface area contributed by atoms with Gasteiger partial charge < -0.3 is 10.1 Å². The minimum absolute atomic E-state index is 0.0478. The Bertz CT molecular complexity index is 809. The van der Waals surface area contributed by atoms with Crippen molar-refractivity contribution in [1.29, 1.82) is 5.26 Å². The molecule has 2 aromatic heterocycles. The maximum absolute atomic E-state index is 8.95. The first-order valence-electron chi connectivity index (χ1n) is 6.26. The van der Waals surface area contributed by atoms with Crippen LogP contribution >= 0.6 is 0 Å². The number of nitrogens with one attached hydrogen (secondary N) is 1. The molecule has 0 spiro atoms. The average Bonchev–Trinajstić information content (AvgIpc) is 3.01. The van der Waals surface area contributed by atoms with Crippen LogP contribution in [0.15, 0.2) is 24.4 Å². The van der Waals surface area contributed by atoms with Gasteiger partial charge in [0.15, 0.2) is 0 Å². The minimum atomic E-state index is 0.0478. The highest BCUT2D eigenvalue weighted by atomic mass is 16.3. The standard InChI is InChI=1S/C14H13N5O/c1-9-11(8-19(18-9)4-5-20)14-16-12-3-2-10(7-15)6-13(12)17-14/h2-3,6,8,20H,4-5H2,1H3,(H,16,17). The molecule has 0 radical (unpaired) electrons. The molecule has 2 N–H and O–H groups in total. The SMILES string of the molecule is Cc1nn(CCO)cc1-c1nc2ccc(C#N)cc2[nH]1. The van der Waals surface area contributed by atoms with Gasteiger partial charge in [0.25, 0.3) is 0 Å². The lowest BCUT2D eigenvalue weighted by molar-refractivity contribution is 0.269. The van der Waals surface area contributed by atoms with Gasteiger partial charge in [-0.05, 0) is 25.1 Å². The molecule has 0 aliphatic rings. The number of nitrogens with zero attached hydrogens (tertiary/aromatic N) is 4. The van der Waals surface area contributed by atoms with Crippen LogP contribution in [0.25, 0.3) is 22.4 Å². The predicted molar refractivity (Wildman–Crippen MR) is 73.9 cm³/mol. The number of fused-ring (bicyclic) bond motifs is 1. The van der Waals surface area contributed by atoms with Gasteiger partial charge in [-0.3, -0.25) is 4.68 Å². The summed E-state index contributed by atoms with van der Waals surface area (Å²) in [6.07, 6.45) is 1.86. The number of imidazole rings is 1. The van der Waals surface area contributed by atoms with E-state index in [4.69, 9.17) is 10.4 Å². The van der Waals surface area contributed by atoms with E-state index in [1.165, 1.54) is 0 Å². The summed E-state index contributed by atoms with van der Waals surface area (Å²) >= 11 is 0. The van der Waals surface area contributed by atoms with E-state index in [0.29, 0.717) is 12.1 Å². The van der Waals surface area contributed by atoms with E-state index in [2.05, 4.69) is 21.1 Å². The molecule has 3 rings (SSSR count). The van der Waals surface area contributed by atoms with Gasteiger partial charge in [0.05, 0.1) is 47.1 Å². The number of aromatic nitrogens is 4. The number of rotatable bonds is 3. The smallest absolute Gasteiger partial charge is 0.141 e. The van der Waals surface area contributed by atoms with Crippen LogP contribution in [-0.2, 0) is 6.54 Å². The molecule has 6 nitrogen and oxygen atoms in total. The highest BCUT2D eigenvalue weighted by molar-refractivity contribution is 5.80. The Morgan fingerprint density at radius 3 is 3.05 bits per heavy atom. The number of aliphatic hydroxyl groups is 1. The van der Waals surface area contributed by atoms with E-state index in [0.717, 1.165) is 28.1 Å². The number of benzene rings is 1. The number of H-pyrrole nitrogens is 1. The Labute approximate surface area is 115 Å². The fraction of sp³-hybridized carbons (Fsp3) is 0.214. The first-order chi connectivity index (χ1) is 9.71. The van der Waals surface area contributed by atoms with Crippen LogP contribution in [0.3, 0.4) is 0 Å². The van der Waals surface area contributed by atoms with Crippen LogP contribution in [0, 0.1) is 18.3 Å². The van der Waals surface area contributed by atoms with E-state index in [-0.39, 0.29) is 6.61 Å². The molecule has 0 saturated carbocycles. The van der Waals surface area contributed by atoms with Gasteiger partial charge in [-0.2, -0.15) is 10.4 Å². The Morgan fingerprint density at radius 2 is 2.30 bits per heavy atom. The predicted octanol–water partition coefficient (Wildman–Crippen LogP) is 1.60. The molecule has 2 heterocycles. The third-order valence-electron chi connectivity index (χ3n) is 3.14. The number of hydrogen-bond acceptors (Lipinski definition) is 4. The zero-order valence-corrected chi connectivity index (χ0v) is 11.0. The highest BCUT2D eigenvalue weighted by Gasteiger charge is 2.12. The number of aryl methyl sites for hydroxylation is 1. The molecule has 0 amide bonds. The molecule has 6 heteroatoms. The summed E-state index contributed by atoms with van der Waals surface area (Å²) in [7, 11) is 0. The maximum Gasteiger partial charge on any atom is 0.141 e. The second-order valence-corrected chi connectivity index (χ2v) is 4.54. The van der Waals surface area contributed by atoms with E-state index >= 15 is 0 Å². The lowest BCUT2D eigenvalue weighted by Crippen LogP contribution is -2.02. The van der Waals surface area contributed by atoms with Crippen LogP contribution < -0.4 is 0 Å². The Balaban J connectivity index is 2.08. The van der Waals surface area contributed by atoms with Gasteiger partial charge in [-0.1, -0.05) is 0 Å². The normalized spacial score (nSPS) is 10.8. The summed E-state index contributed by atoms with van der Waals surface area (Å²) in [4.78, 5) is 7.72. The van der Waals surface area contributed by atoms with E-state index in [1.54, 1.807) is 16.8 Å². The van der Waals surface area contributed by atoms with Crippen molar-refractivity contribution in [2.24, 2.45) is 0 Å². The number of aliphatic hydroxyl groups excluding tert-OH is 1. The second-order valence-electron chi connectivity index (χ2n) is 4.54. The van der Waals surface area contributed by atoms with Gasteiger partial charge in [-0.15, -0.1) is 0 Å². The third-order valence-corrected chi connectivity index (χ3v) is 3.14. The van der Waals surface area contributed by atoms with Crippen molar-refractivity contribution in [3.05, 3.63) is 35.7 Å². The zero-order valence-electron chi connectivity index (χ0n) is 11.0. The van der Waals surface area contributed by atoms with Crippen LogP contribution in [-0.4, -0.2) is 31.5 Å². The van der Waals surface area contributed by atoms with E-state index in [1.807, 2.05) is 19.2 Å². The van der Waals surface area contributed by atoms with Crippen LogP contribution in [0.2, 0.25) is 0 Å². The molecule has 1 aromatic carbocycles. The van der Waals surface area contributed by atoms with Gasteiger partial charge in [0.2, 0.25) is 0 Å². The summed E-state index contributed by atoms with van der Waals surface area (Å²) in [6.45, 7) is 2.41. The Morgan fingerprint density at radius 1 is 1.45 bits per heavy atom. The largest absolute Gasteiger partial charge is 0.394 e. The maximum atomic E-state index is 8.95. The van der Waals surface area contributed by atoms with Crippen LogP contribution in [0.1, 0.15) is 11.3 Å². The summed E-state index contributed by atoms with van der Waals surface area (Å²) in [5, 5.41) is 22.2. The van der Waals surface area contributed by atoms with Crippen molar-refractivity contribution < 1.29 is 5.11 Å². The molecule has 0 atom stereocenters. The topological polar surface area (TPSA) is 90.5 Å². The van der Waals surface area contributed by atoms with Crippen molar-refractivity contribution in [3.8, 4) is 17.5 Å². The monoisotopic (exact) mass is 267 g/mol. The zero-order chi connectivity index (χ0) is 14.1. The Hall–Kier alpha value is -2.65. The third kappa shape index (κ3) is 2.04. The second kappa shape index (κ2) is 4.79. The molecular weight excluding hydrogens is 254 g/mol. The fourth-order valence-corrected chi connectivity index (χ4v) is 2.17. The summed E-state index contributed by atoms with van der Waals surface area (Å²) in [6, 6.07) is 7.45. The van der Waals surface area contributed by atoms with Gasteiger partial charge in [-0.25, -0.2) is 4.98 Å². The van der Waals surface area contributed by atoms with E-state index < -0.39 is 0 Å². The van der Waals surface area contributed by atoms with Gasteiger partial charge in [0, 0.05) is 6.20 Å². The summed E-state index contributed by atoms with van der Waals surface area (Å²) in [5.41, 5.74) is 3.98. The quantitative estimate of drug-likeness (QED) is 0.754. The van der Waals surface area contributed by atoms with Crippen LogP contribution in [0.4, 0.5) is 0 Å².